The summed E-state index contributed by atoms with van der Waals surface area (Å²) in [4.78, 5) is 29.6. The van der Waals surface area contributed by atoms with Crippen molar-refractivity contribution in [3.05, 3.63) is 34.6 Å². The van der Waals surface area contributed by atoms with Gasteiger partial charge in [-0.3, -0.25) is 14.2 Å². The van der Waals surface area contributed by atoms with Crippen molar-refractivity contribution in [3.8, 4) is 0 Å². The maximum Gasteiger partial charge on any atom is 0.262 e. The van der Waals surface area contributed by atoms with Crippen LogP contribution >= 0.6 is 11.8 Å². The second-order valence-corrected chi connectivity index (χ2v) is 7.49. The van der Waals surface area contributed by atoms with Crippen LogP contribution in [0.25, 0.3) is 10.9 Å². The number of amides is 1. The quantitative estimate of drug-likeness (QED) is 0.385. The number of rotatable bonds is 10. The monoisotopic (exact) mass is 375 g/mol. The molecule has 0 spiro atoms. The molecule has 0 aliphatic rings. The Morgan fingerprint density at radius 3 is 2.73 bits per heavy atom. The van der Waals surface area contributed by atoms with Gasteiger partial charge in [-0.05, 0) is 31.9 Å². The maximum absolute atomic E-state index is 12.9. The van der Waals surface area contributed by atoms with Crippen LogP contribution in [0.2, 0.25) is 0 Å². The van der Waals surface area contributed by atoms with Crippen molar-refractivity contribution in [2.24, 2.45) is 0 Å². The number of aromatic nitrogens is 2. The molecule has 0 bridgehead atoms. The van der Waals surface area contributed by atoms with Crippen LogP contribution in [0.1, 0.15) is 58.9 Å². The highest BCUT2D eigenvalue weighted by Crippen LogP contribution is 2.22. The summed E-state index contributed by atoms with van der Waals surface area (Å²) in [6.07, 6.45) is 5.37. The van der Waals surface area contributed by atoms with Crippen LogP contribution < -0.4 is 10.9 Å². The van der Waals surface area contributed by atoms with Gasteiger partial charge in [0.1, 0.15) is 0 Å². The highest BCUT2D eigenvalue weighted by Gasteiger charge is 2.16. The molecule has 0 fully saturated rings. The van der Waals surface area contributed by atoms with Crippen LogP contribution in [0.5, 0.6) is 0 Å². The van der Waals surface area contributed by atoms with E-state index in [1.807, 2.05) is 32.0 Å². The van der Waals surface area contributed by atoms with Gasteiger partial charge in [0, 0.05) is 12.6 Å². The van der Waals surface area contributed by atoms with Gasteiger partial charge in [-0.1, -0.05) is 57.0 Å². The zero-order chi connectivity index (χ0) is 18.9. The lowest BCUT2D eigenvalue weighted by molar-refractivity contribution is -0.118. The van der Waals surface area contributed by atoms with Crippen molar-refractivity contribution >= 4 is 28.6 Å². The first-order valence-electron chi connectivity index (χ1n) is 9.49. The van der Waals surface area contributed by atoms with E-state index < -0.39 is 0 Å². The standard InChI is InChI=1S/C20H29N3O2S/c1-4-6-7-10-13-21-18(24)14-26-20-22-17-12-9-8-11-16(17)19(25)23(20)15(3)5-2/h8-9,11-12,15H,4-7,10,13-14H2,1-3H3,(H,21,24)/t15-/m1/s1. The fraction of sp³-hybridized carbons (Fsp3) is 0.550. The topological polar surface area (TPSA) is 64.0 Å². The van der Waals surface area contributed by atoms with Crippen LogP contribution in [0.4, 0.5) is 0 Å². The fourth-order valence-electron chi connectivity index (χ4n) is 2.76. The SMILES string of the molecule is CCCCCCNC(=O)CSc1nc2ccccc2c(=O)n1[C@H](C)CC. The molecule has 0 aliphatic carbocycles. The van der Waals surface area contributed by atoms with Crippen LogP contribution in [0.3, 0.4) is 0 Å². The highest BCUT2D eigenvalue weighted by molar-refractivity contribution is 7.99. The van der Waals surface area contributed by atoms with Crippen molar-refractivity contribution < 1.29 is 4.79 Å². The predicted octanol–water partition coefficient (Wildman–Crippen LogP) is 4.16. The number of nitrogens with one attached hydrogen (secondary N) is 1. The van der Waals surface area contributed by atoms with Crippen molar-refractivity contribution in [3.63, 3.8) is 0 Å². The molecule has 0 saturated heterocycles. The van der Waals surface area contributed by atoms with Crippen molar-refractivity contribution in [1.29, 1.82) is 0 Å². The summed E-state index contributed by atoms with van der Waals surface area (Å²) >= 11 is 1.34. The molecule has 0 aliphatic heterocycles. The van der Waals surface area contributed by atoms with Crippen LogP contribution in [-0.4, -0.2) is 27.8 Å². The Morgan fingerprint density at radius 1 is 1.23 bits per heavy atom. The first-order valence-corrected chi connectivity index (χ1v) is 10.5. The molecule has 1 aromatic carbocycles. The van der Waals surface area contributed by atoms with Gasteiger partial charge in [-0.25, -0.2) is 4.98 Å². The second kappa shape index (κ2) is 10.4. The molecule has 26 heavy (non-hydrogen) atoms. The summed E-state index contributed by atoms with van der Waals surface area (Å²) in [5.41, 5.74) is 0.645. The van der Waals surface area contributed by atoms with E-state index in [1.54, 1.807) is 10.6 Å². The lowest BCUT2D eigenvalue weighted by atomic mass is 10.2. The minimum absolute atomic E-state index is 0.00962. The number of hydrogen-bond acceptors (Lipinski definition) is 4. The van der Waals surface area contributed by atoms with E-state index in [2.05, 4.69) is 17.2 Å². The van der Waals surface area contributed by atoms with Gasteiger partial charge in [-0.15, -0.1) is 0 Å². The van der Waals surface area contributed by atoms with E-state index >= 15 is 0 Å². The molecule has 1 aromatic heterocycles. The third-order valence-corrected chi connectivity index (χ3v) is 5.44. The minimum atomic E-state index is -0.0348. The van der Waals surface area contributed by atoms with E-state index in [4.69, 9.17) is 0 Å². The number of hydrogen-bond donors (Lipinski definition) is 1. The fourth-order valence-corrected chi connectivity index (χ4v) is 3.69. The Hall–Kier alpha value is -1.82. The molecule has 2 rings (SSSR count). The molecule has 142 valence electrons. The molecular formula is C20H29N3O2S. The first-order chi connectivity index (χ1) is 12.6. The average Bonchev–Trinajstić information content (AvgIpc) is 2.65. The summed E-state index contributed by atoms with van der Waals surface area (Å²) in [5, 5.41) is 4.19. The second-order valence-electron chi connectivity index (χ2n) is 6.54. The lowest BCUT2D eigenvalue weighted by Crippen LogP contribution is -2.28. The molecule has 0 unspecified atom stereocenters. The molecule has 1 amide bonds. The minimum Gasteiger partial charge on any atom is -0.355 e. The number of thioether (sulfide) groups is 1. The summed E-state index contributed by atoms with van der Waals surface area (Å²) in [6.45, 7) is 6.94. The number of carbonyl (C=O) groups is 1. The molecule has 1 atom stereocenters. The van der Waals surface area contributed by atoms with Crippen molar-refractivity contribution in [1.82, 2.24) is 14.9 Å². The largest absolute Gasteiger partial charge is 0.355 e. The Kier molecular flexibility index (Phi) is 8.16. The summed E-state index contributed by atoms with van der Waals surface area (Å²) < 4.78 is 1.72. The lowest BCUT2D eigenvalue weighted by Gasteiger charge is -2.18. The number of fused-ring (bicyclic) bond motifs is 1. The first kappa shape index (κ1) is 20.5. The molecular weight excluding hydrogens is 346 g/mol. The highest BCUT2D eigenvalue weighted by atomic mass is 32.2. The van der Waals surface area contributed by atoms with E-state index in [0.717, 1.165) is 19.3 Å². The van der Waals surface area contributed by atoms with E-state index in [0.29, 0.717) is 22.6 Å². The smallest absolute Gasteiger partial charge is 0.262 e. The molecule has 6 heteroatoms. The van der Waals surface area contributed by atoms with Gasteiger partial charge in [0.2, 0.25) is 5.91 Å². The zero-order valence-corrected chi connectivity index (χ0v) is 16.8. The van der Waals surface area contributed by atoms with Gasteiger partial charge >= 0.3 is 0 Å². The van der Waals surface area contributed by atoms with Crippen molar-refractivity contribution in [2.75, 3.05) is 12.3 Å². The molecule has 0 radical (unpaired) electrons. The molecule has 1 N–H and O–H groups in total. The molecule has 0 saturated carbocycles. The van der Waals surface area contributed by atoms with Gasteiger partial charge in [0.25, 0.3) is 5.56 Å². The number of nitrogens with zero attached hydrogens (tertiary/aromatic N) is 2. The third-order valence-electron chi connectivity index (χ3n) is 4.49. The normalized spacial score (nSPS) is 12.3. The predicted molar refractivity (Wildman–Crippen MR) is 109 cm³/mol. The van der Waals surface area contributed by atoms with E-state index in [-0.39, 0.29) is 23.3 Å². The van der Waals surface area contributed by atoms with E-state index in [1.165, 1.54) is 24.6 Å². The van der Waals surface area contributed by atoms with Gasteiger partial charge in [0.15, 0.2) is 5.16 Å². The molecule has 5 nitrogen and oxygen atoms in total. The zero-order valence-electron chi connectivity index (χ0n) is 16.0. The number of unbranched alkanes of at least 4 members (excludes halogenated alkanes) is 3. The van der Waals surface area contributed by atoms with Crippen molar-refractivity contribution in [2.45, 2.75) is 64.1 Å². The third kappa shape index (κ3) is 5.34. The van der Waals surface area contributed by atoms with E-state index in [9.17, 15) is 9.59 Å². The Labute approximate surface area is 159 Å². The summed E-state index contributed by atoms with van der Waals surface area (Å²) in [6, 6.07) is 7.42. The van der Waals surface area contributed by atoms with Crippen LogP contribution in [0, 0.1) is 0 Å². The molecule has 1 heterocycles. The van der Waals surface area contributed by atoms with Crippen LogP contribution in [0.15, 0.2) is 34.2 Å². The Balaban J connectivity index is 2.10. The number of benzene rings is 1. The van der Waals surface area contributed by atoms with Gasteiger partial charge in [0.05, 0.1) is 16.7 Å². The summed E-state index contributed by atoms with van der Waals surface area (Å²) in [7, 11) is 0. The Bertz CT molecular complexity index is 788. The van der Waals surface area contributed by atoms with Gasteiger partial charge < -0.3 is 5.32 Å². The summed E-state index contributed by atoms with van der Waals surface area (Å²) in [5.74, 6) is 0.263. The Morgan fingerprint density at radius 2 is 2.00 bits per heavy atom. The molecule has 2 aromatic rings. The van der Waals surface area contributed by atoms with Gasteiger partial charge in [-0.2, -0.15) is 0 Å². The maximum atomic E-state index is 12.9. The number of carbonyl (C=O) groups excluding carboxylic acids is 1. The average molecular weight is 376 g/mol. The van der Waals surface area contributed by atoms with Crippen LogP contribution in [-0.2, 0) is 4.79 Å². The number of para-hydroxylation sites is 1.